The van der Waals surface area contributed by atoms with Crippen LogP contribution in [0.5, 0.6) is 5.75 Å². The molecule has 5 nitrogen and oxygen atoms in total. The zero-order valence-electron chi connectivity index (χ0n) is 10.4. The third kappa shape index (κ3) is 2.81. The van der Waals surface area contributed by atoms with Crippen molar-refractivity contribution in [2.75, 3.05) is 7.11 Å². The molecule has 0 saturated heterocycles. The fraction of sp³-hybridized carbons (Fsp3) is 0.167. The second-order valence-electron chi connectivity index (χ2n) is 3.85. The Bertz CT molecular complexity index is 693. The maximum atomic E-state index is 13.8. The molecule has 0 radical (unpaired) electrons. The summed E-state index contributed by atoms with van der Waals surface area (Å²) in [6.07, 6.45) is -5.03. The van der Waals surface area contributed by atoms with Crippen molar-refractivity contribution in [3.05, 3.63) is 35.5 Å². The Morgan fingerprint density at radius 1 is 1.38 bits per heavy atom. The van der Waals surface area contributed by atoms with Crippen molar-refractivity contribution in [2.24, 2.45) is 0 Å². The van der Waals surface area contributed by atoms with Gasteiger partial charge in [0.2, 0.25) is 11.7 Å². The predicted molar refractivity (Wildman–Crippen MR) is 60.4 cm³/mol. The normalized spacial score (nSPS) is 11.5. The Hall–Kier alpha value is -2.58. The number of alkyl halides is 3. The fourth-order valence-electron chi connectivity index (χ4n) is 1.57. The maximum Gasteiger partial charge on any atom is 0.437 e. The van der Waals surface area contributed by atoms with Crippen LogP contribution >= 0.6 is 0 Å². The lowest BCUT2D eigenvalue weighted by Gasteiger charge is -2.02. The maximum absolute atomic E-state index is 13.8. The Labute approximate surface area is 114 Å². The fourth-order valence-corrected chi connectivity index (χ4v) is 1.57. The van der Waals surface area contributed by atoms with E-state index in [-0.39, 0.29) is 5.75 Å². The van der Waals surface area contributed by atoms with Crippen molar-refractivity contribution in [1.82, 2.24) is 4.98 Å². The van der Waals surface area contributed by atoms with E-state index in [0.717, 1.165) is 12.1 Å². The Morgan fingerprint density at radius 3 is 2.48 bits per heavy atom. The van der Waals surface area contributed by atoms with Gasteiger partial charge in [-0.3, -0.25) is 0 Å². The van der Waals surface area contributed by atoms with Gasteiger partial charge in [-0.05, 0) is 12.1 Å². The average Bonchev–Trinajstić information content (AvgIpc) is 2.83. The molecular weight excluding hydrogens is 298 g/mol. The number of carboxylic acids is 1. The summed E-state index contributed by atoms with van der Waals surface area (Å²) in [4.78, 5) is 13.8. The van der Waals surface area contributed by atoms with Crippen LogP contribution in [0.2, 0.25) is 0 Å². The monoisotopic (exact) mass is 305 g/mol. The van der Waals surface area contributed by atoms with Gasteiger partial charge >= 0.3 is 12.1 Å². The standard InChI is InChI=1S/C12H7F4NO4/c1-20-5-2-3-6(7(13)4-5)10-17-9(12(14,15)16)8(21-10)11(18)19/h2-4H,1H3,(H,18,19). The molecule has 1 heterocycles. The van der Waals surface area contributed by atoms with Crippen LogP contribution in [-0.4, -0.2) is 23.2 Å². The van der Waals surface area contributed by atoms with Crippen molar-refractivity contribution >= 4 is 5.97 Å². The number of hydrogen-bond donors (Lipinski definition) is 1. The second kappa shape index (κ2) is 5.08. The highest BCUT2D eigenvalue weighted by molar-refractivity contribution is 5.86. The summed E-state index contributed by atoms with van der Waals surface area (Å²) < 4.78 is 61.0. The van der Waals surface area contributed by atoms with Crippen LogP contribution < -0.4 is 4.74 Å². The SMILES string of the molecule is COc1ccc(-c2nc(C(F)(F)F)c(C(=O)O)o2)c(F)c1. The van der Waals surface area contributed by atoms with Gasteiger partial charge < -0.3 is 14.3 Å². The van der Waals surface area contributed by atoms with Crippen molar-refractivity contribution in [2.45, 2.75) is 6.18 Å². The number of benzene rings is 1. The van der Waals surface area contributed by atoms with Crippen LogP contribution in [0.15, 0.2) is 22.6 Å². The number of nitrogens with zero attached hydrogens (tertiary/aromatic N) is 1. The summed E-state index contributed by atoms with van der Waals surface area (Å²) in [6.45, 7) is 0. The highest BCUT2D eigenvalue weighted by Crippen LogP contribution is 2.35. The van der Waals surface area contributed by atoms with Gasteiger partial charge in [0.25, 0.3) is 0 Å². The van der Waals surface area contributed by atoms with Crippen LogP contribution in [0.3, 0.4) is 0 Å². The minimum absolute atomic E-state index is 0.136. The zero-order valence-corrected chi connectivity index (χ0v) is 10.4. The third-order valence-electron chi connectivity index (χ3n) is 2.50. The molecule has 0 fully saturated rings. The minimum Gasteiger partial charge on any atom is -0.497 e. The Balaban J connectivity index is 2.58. The van der Waals surface area contributed by atoms with Crippen molar-refractivity contribution in [1.29, 1.82) is 0 Å². The van der Waals surface area contributed by atoms with E-state index >= 15 is 0 Å². The molecule has 0 aliphatic rings. The molecule has 2 rings (SSSR count). The molecule has 0 aliphatic heterocycles. The summed E-state index contributed by atoms with van der Waals surface area (Å²) in [5, 5.41) is 8.69. The average molecular weight is 305 g/mol. The molecule has 9 heteroatoms. The van der Waals surface area contributed by atoms with Gasteiger partial charge in [0, 0.05) is 6.07 Å². The predicted octanol–water partition coefficient (Wildman–Crippen LogP) is 3.21. The van der Waals surface area contributed by atoms with Gasteiger partial charge in [0.15, 0.2) is 5.69 Å². The number of methoxy groups -OCH3 is 1. The lowest BCUT2D eigenvalue weighted by molar-refractivity contribution is -0.141. The smallest absolute Gasteiger partial charge is 0.437 e. The Kier molecular flexibility index (Phi) is 3.58. The van der Waals surface area contributed by atoms with Crippen LogP contribution in [-0.2, 0) is 6.18 Å². The quantitative estimate of drug-likeness (QED) is 0.882. The van der Waals surface area contributed by atoms with E-state index in [0.29, 0.717) is 0 Å². The number of carbonyl (C=O) groups is 1. The molecule has 0 spiro atoms. The number of hydrogen-bond acceptors (Lipinski definition) is 4. The van der Waals surface area contributed by atoms with E-state index in [2.05, 4.69) is 9.40 Å². The molecular formula is C12H7F4NO4. The van der Waals surface area contributed by atoms with Gasteiger partial charge in [0.05, 0.1) is 12.7 Å². The first kappa shape index (κ1) is 14.8. The lowest BCUT2D eigenvalue weighted by atomic mass is 10.2. The first-order valence-electron chi connectivity index (χ1n) is 5.39. The lowest BCUT2D eigenvalue weighted by Crippen LogP contribution is -2.11. The van der Waals surface area contributed by atoms with E-state index in [1.807, 2.05) is 0 Å². The highest BCUT2D eigenvalue weighted by Gasteiger charge is 2.41. The van der Waals surface area contributed by atoms with Crippen LogP contribution in [0.1, 0.15) is 16.2 Å². The molecule has 0 unspecified atom stereocenters. The first-order chi connectivity index (χ1) is 9.74. The van der Waals surface area contributed by atoms with E-state index in [4.69, 9.17) is 9.84 Å². The molecule has 21 heavy (non-hydrogen) atoms. The van der Waals surface area contributed by atoms with Crippen molar-refractivity contribution in [3.63, 3.8) is 0 Å². The van der Waals surface area contributed by atoms with E-state index in [9.17, 15) is 22.4 Å². The topological polar surface area (TPSA) is 72.6 Å². The van der Waals surface area contributed by atoms with Gasteiger partial charge in [0.1, 0.15) is 11.6 Å². The Morgan fingerprint density at radius 2 is 2.05 bits per heavy atom. The van der Waals surface area contributed by atoms with E-state index < -0.39 is 40.9 Å². The van der Waals surface area contributed by atoms with Crippen LogP contribution in [0.4, 0.5) is 17.6 Å². The number of rotatable bonds is 3. The molecule has 0 amide bonds. The van der Waals surface area contributed by atoms with Gasteiger partial charge in [-0.1, -0.05) is 0 Å². The number of carboxylic acid groups (broad SMARTS) is 1. The van der Waals surface area contributed by atoms with Crippen molar-refractivity contribution in [3.8, 4) is 17.2 Å². The molecule has 112 valence electrons. The van der Waals surface area contributed by atoms with Crippen molar-refractivity contribution < 1.29 is 36.6 Å². The summed E-state index contributed by atoms with van der Waals surface area (Å²) in [6, 6.07) is 3.26. The molecule has 0 atom stereocenters. The summed E-state index contributed by atoms with van der Waals surface area (Å²) >= 11 is 0. The van der Waals surface area contributed by atoms with E-state index in [1.54, 1.807) is 0 Å². The summed E-state index contributed by atoms with van der Waals surface area (Å²) in [5.74, 6) is -4.94. The summed E-state index contributed by atoms with van der Waals surface area (Å²) in [5.41, 5.74) is -2.13. The van der Waals surface area contributed by atoms with E-state index in [1.165, 1.54) is 13.2 Å². The minimum atomic E-state index is -5.03. The largest absolute Gasteiger partial charge is 0.497 e. The molecule has 1 aromatic carbocycles. The van der Waals surface area contributed by atoms with Crippen LogP contribution in [0.25, 0.3) is 11.5 Å². The summed E-state index contributed by atoms with van der Waals surface area (Å²) in [7, 11) is 1.28. The highest BCUT2D eigenvalue weighted by atomic mass is 19.4. The van der Waals surface area contributed by atoms with Gasteiger partial charge in [-0.2, -0.15) is 13.2 Å². The number of aromatic nitrogens is 1. The van der Waals surface area contributed by atoms with Gasteiger partial charge in [-0.25, -0.2) is 14.2 Å². The van der Waals surface area contributed by atoms with Crippen LogP contribution in [0, 0.1) is 5.82 Å². The number of halogens is 4. The molecule has 2 aromatic rings. The third-order valence-corrected chi connectivity index (χ3v) is 2.50. The molecule has 0 bridgehead atoms. The number of ether oxygens (including phenoxy) is 1. The molecule has 0 saturated carbocycles. The first-order valence-corrected chi connectivity index (χ1v) is 5.39. The molecule has 0 aliphatic carbocycles. The second-order valence-corrected chi connectivity index (χ2v) is 3.85. The number of aromatic carboxylic acids is 1. The zero-order chi connectivity index (χ0) is 15.8. The number of oxazole rings is 1. The molecule has 1 N–H and O–H groups in total. The van der Waals surface area contributed by atoms with Gasteiger partial charge in [-0.15, -0.1) is 0 Å². The molecule has 1 aromatic heterocycles.